The third kappa shape index (κ3) is 6.29. The molecule has 0 unspecified atom stereocenters. The van der Waals surface area contributed by atoms with Crippen molar-refractivity contribution >= 4 is 10.1 Å². The quantitative estimate of drug-likeness (QED) is 0.440. The molecule has 0 aliphatic carbocycles. The second-order valence-corrected chi connectivity index (χ2v) is 9.73. The first-order valence-electron chi connectivity index (χ1n) is 11.0. The fourth-order valence-corrected chi connectivity index (χ4v) is 4.76. The maximum atomic E-state index is 12.9. The van der Waals surface area contributed by atoms with Gasteiger partial charge in [-0.1, -0.05) is 78.4 Å². The van der Waals surface area contributed by atoms with Gasteiger partial charge < -0.3 is 19.3 Å². The summed E-state index contributed by atoms with van der Waals surface area (Å²) in [7, 11) is -4.16. The summed E-state index contributed by atoms with van der Waals surface area (Å²) in [4.78, 5) is -0.00381. The highest BCUT2D eigenvalue weighted by atomic mass is 32.2. The molecule has 0 bridgehead atoms. The lowest BCUT2D eigenvalue weighted by Crippen LogP contribution is -2.40. The summed E-state index contributed by atoms with van der Waals surface area (Å²) in [6.07, 6.45) is -4.33. The number of aryl methyl sites for hydroxylation is 1. The van der Waals surface area contributed by atoms with Crippen LogP contribution < -0.4 is 0 Å². The summed E-state index contributed by atoms with van der Waals surface area (Å²) in [6, 6.07) is 25.4. The molecule has 0 spiro atoms. The molecule has 1 saturated heterocycles. The standard InChI is InChI=1S/C26H28O7S/c1-19-12-14-22(15-13-19)34(28,29)33-25-24(31-17-21-10-6-3-7-11-21)23(32-26(25)27)18-30-16-20-8-4-2-5-9-20/h2-15,23-27H,16-18H2,1H3/t23-,24+,25+,26+/m1/s1. The molecule has 3 aromatic rings. The van der Waals surface area contributed by atoms with E-state index in [1.54, 1.807) is 12.1 Å². The van der Waals surface area contributed by atoms with Gasteiger partial charge in [0, 0.05) is 0 Å². The van der Waals surface area contributed by atoms with Crippen LogP contribution in [0.1, 0.15) is 16.7 Å². The van der Waals surface area contributed by atoms with Crippen molar-refractivity contribution in [1.29, 1.82) is 0 Å². The minimum atomic E-state index is -4.16. The lowest BCUT2D eigenvalue weighted by molar-refractivity contribution is -0.133. The summed E-state index contributed by atoms with van der Waals surface area (Å²) in [5, 5.41) is 10.6. The molecule has 0 saturated carbocycles. The van der Waals surface area contributed by atoms with E-state index in [4.69, 9.17) is 18.4 Å². The monoisotopic (exact) mass is 484 g/mol. The van der Waals surface area contributed by atoms with Crippen LogP contribution >= 0.6 is 0 Å². The third-order valence-corrected chi connectivity index (χ3v) is 6.84. The molecular weight excluding hydrogens is 456 g/mol. The molecule has 3 aromatic carbocycles. The maximum Gasteiger partial charge on any atom is 0.297 e. The molecule has 4 atom stereocenters. The van der Waals surface area contributed by atoms with Gasteiger partial charge in [-0.2, -0.15) is 8.42 Å². The molecule has 1 fully saturated rings. The van der Waals surface area contributed by atoms with Gasteiger partial charge in [-0.05, 0) is 30.2 Å². The van der Waals surface area contributed by atoms with Gasteiger partial charge >= 0.3 is 0 Å². The van der Waals surface area contributed by atoms with Crippen molar-refractivity contribution in [2.75, 3.05) is 6.61 Å². The van der Waals surface area contributed by atoms with Crippen molar-refractivity contribution in [3.63, 3.8) is 0 Å². The van der Waals surface area contributed by atoms with E-state index in [-0.39, 0.29) is 18.1 Å². The highest BCUT2D eigenvalue weighted by Gasteiger charge is 2.48. The number of hydrogen-bond donors (Lipinski definition) is 1. The van der Waals surface area contributed by atoms with Crippen molar-refractivity contribution in [3.8, 4) is 0 Å². The van der Waals surface area contributed by atoms with E-state index in [1.165, 1.54) is 12.1 Å². The molecule has 1 aliphatic heterocycles. The lowest BCUT2D eigenvalue weighted by atomic mass is 10.1. The topological polar surface area (TPSA) is 91.3 Å². The number of aliphatic hydroxyl groups excluding tert-OH is 1. The van der Waals surface area contributed by atoms with Gasteiger partial charge in [-0.3, -0.25) is 4.18 Å². The molecule has 180 valence electrons. The van der Waals surface area contributed by atoms with Gasteiger partial charge in [0.15, 0.2) is 12.4 Å². The zero-order valence-electron chi connectivity index (χ0n) is 18.8. The fourth-order valence-electron chi connectivity index (χ4n) is 3.69. The molecule has 8 heteroatoms. The van der Waals surface area contributed by atoms with Crippen LogP contribution in [0, 0.1) is 6.92 Å². The summed E-state index contributed by atoms with van der Waals surface area (Å²) in [5.41, 5.74) is 2.80. The average molecular weight is 485 g/mol. The largest absolute Gasteiger partial charge is 0.374 e. The molecular formula is C26H28O7S. The number of ether oxygens (including phenoxy) is 3. The average Bonchev–Trinajstić information content (AvgIpc) is 3.12. The molecule has 0 radical (unpaired) electrons. The summed E-state index contributed by atoms with van der Waals surface area (Å²) < 4.78 is 48.7. The van der Waals surface area contributed by atoms with Crippen LogP contribution in [0.5, 0.6) is 0 Å². The first-order valence-corrected chi connectivity index (χ1v) is 12.4. The van der Waals surface area contributed by atoms with Crippen LogP contribution in [0.25, 0.3) is 0 Å². The van der Waals surface area contributed by atoms with Gasteiger partial charge in [0.25, 0.3) is 10.1 Å². The number of benzene rings is 3. The number of aliphatic hydroxyl groups is 1. The van der Waals surface area contributed by atoms with Crippen LogP contribution in [0.15, 0.2) is 89.8 Å². The maximum absolute atomic E-state index is 12.9. The Labute approximate surface area is 200 Å². The molecule has 0 amide bonds. The second-order valence-electron chi connectivity index (χ2n) is 8.16. The van der Waals surface area contributed by atoms with Gasteiger partial charge in [0.1, 0.15) is 12.2 Å². The molecule has 34 heavy (non-hydrogen) atoms. The summed E-state index contributed by atoms with van der Waals surface area (Å²) >= 11 is 0. The van der Waals surface area contributed by atoms with E-state index in [2.05, 4.69) is 0 Å². The second kappa shape index (κ2) is 11.2. The third-order valence-electron chi connectivity index (χ3n) is 5.51. The van der Waals surface area contributed by atoms with E-state index < -0.39 is 34.7 Å². The van der Waals surface area contributed by atoms with Gasteiger partial charge in [0.2, 0.25) is 0 Å². The van der Waals surface area contributed by atoms with Crippen molar-refractivity contribution in [3.05, 3.63) is 102 Å². The fraction of sp³-hybridized carbons (Fsp3) is 0.308. The van der Waals surface area contributed by atoms with Crippen LogP contribution in [-0.2, 0) is 41.7 Å². The number of rotatable bonds is 10. The van der Waals surface area contributed by atoms with E-state index >= 15 is 0 Å². The van der Waals surface area contributed by atoms with Crippen LogP contribution in [-0.4, -0.2) is 44.7 Å². The van der Waals surface area contributed by atoms with Crippen molar-refractivity contribution < 1.29 is 31.9 Å². The Bertz CT molecular complexity index is 1130. The Kier molecular flexibility index (Phi) is 8.10. The minimum Gasteiger partial charge on any atom is -0.374 e. The van der Waals surface area contributed by atoms with Gasteiger partial charge in [-0.15, -0.1) is 0 Å². The smallest absolute Gasteiger partial charge is 0.297 e. The predicted octanol–water partition coefficient (Wildman–Crippen LogP) is 3.59. The zero-order chi connectivity index (χ0) is 24.0. The Morgan fingerprint density at radius 1 is 0.824 bits per heavy atom. The molecule has 1 N–H and O–H groups in total. The molecule has 0 aromatic heterocycles. The Balaban J connectivity index is 1.48. The molecule has 1 heterocycles. The Morgan fingerprint density at radius 2 is 1.41 bits per heavy atom. The van der Waals surface area contributed by atoms with Crippen LogP contribution in [0.3, 0.4) is 0 Å². The first kappa shape index (κ1) is 24.5. The van der Waals surface area contributed by atoms with E-state index in [0.29, 0.717) is 6.61 Å². The highest BCUT2D eigenvalue weighted by molar-refractivity contribution is 7.86. The van der Waals surface area contributed by atoms with Crippen molar-refractivity contribution in [2.45, 2.75) is 49.6 Å². The zero-order valence-corrected chi connectivity index (χ0v) is 19.6. The predicted molar refractivity (Wildman–Crippen MR) is 125 cm³/mol. The van der Waals surface area contributed by atoms with Crippen molar-refractivity contribution in [2.24, 2.45) is 0 Å². The van der Waals surface area contributed by atoms with Gasteiger partial charge in [-0.25, -0.2) is 0 Å². The lowest BCUT2D eigenvalue weighted by Gasteiger charge is -2.23. The Morgan fingerprint density at radius 3 is 2.03 bits per heavy atom. The SMILES string of the molecule is Cc1ccc(S(=O)(=O)O[C@H]2[C@@H](OCc3ccccc3)[C@@H](COCc3ccccc3)O[C@@H]2O)cc1. The first-order chi connectivity index (χ1) is 16.4. The van der Waals surface area contributed by atoms with Gasteiger partial charge in [0.05, 0.1) is 24.7 Å². The van der Waals surface area contributed by atoms with E-state index in [0.717, 1.165) is 16.7 Å². The van der Waals surface area contributed by atoms with Crippen LogP contribution in [0.4, 0.5) is 0 Å². The molecule has 1 aliphatic rings. The van der Waals surface area contributed by atoms with E-state index in [9.17, 15) is 13.5 Å². The minimum absolute atomic E-state index is 0.00381. The van der Waals surface area contributed by atoms with E-state index in [1.807, 2.05) is 67.6 Å². The molecule has 4 rings (SSSR count). The van der Waals surface area contributed by atoms with Crippen LogP contribution in [0.2, 0.25) is 0 Å². The summed E-state index contributed by atoms with van der Waals surface area (Å²) in [6.45, 7) is 2.49. The normalized spacial score (nSPS) is 22.6. The molecule has 7 nitrogen and oxygen atoms in total. The summed E-state index contributed by atoms with van der Waals surface area (Å²) in [5.74, 6) is 0. The highest BCUT2D eigenvalue weighted by Crippen LogP contribution is 2.30. The number of hydrogen-bond acceptors (Lipinski definition) is 7. The Hall–Kier alpha value is -2.59. The van der Waals surface area contributed by atoms with Crippen molar-refractivity contribution in [1.82, 2.24) is 0 Å².